The molecule has 1 unspecified atom stereocenters. The van der Waals surface area contributed by atoms with Crippen LogP contribution < -0.4 is 5.32 Å². The second-order valence-electron chi connectivity index (χ2n) is 4.84. The molecule has 4 heteroatoms. The number of rotatable bonds is 3. The minimum atomic E-state index is 0.507. The summed E-state index contributed by atoms with van der Waals surface area (Å²) in [6.07, 6.45) is 3.61. The predicted octanol–water partition coefficient (Wildman–Crippen LogP) is 4.56. The van der Waals surface area contributed by atoms with Crippen LogP contribution >= 0.6 is 27.3 Å². The first-order valence-electron chi connectivity index (χ1n) is 6.77. The van der Waals surface area contributed by atoms with Crippen molar-refractivity contribution in [3.05, 3.63) is 39.3 Å². The summed E-state index contributed by atoms with van der Waals surface area (Å²) in [6.45, 7) is 3.19. The van der Waals surface area contributed by atoms with E-state index < -0.39 is 0 Å². The zero-order chi connectivity index (χ0) is 13.2. The van der Waals surface area contributed by atoms with Gasteiger partial charge in [0.05, 0.1) is 5.69 Å². The first-order chi connectivity index (χ1) is 9.28. The van der Waals surface area contributed by atoms with Gasteiger partial charge >= 0.3 is 0 Å². The summed E-state index contributed by atoms with van der Waals surface area (Å²) in [5.74, 6) is 0. The van der Waals surface area contributed by atoms with Gasteiger partial charge in [-0.2, -0.15) is 0 Å². The third kappa shape index (κ3) is 2.76. The van der Waals surface area contributed by atoms with Crippen LogP contribution in [0.25, 0.3) is 10.6 Å². The number of thiazole rings is 1. The summed E-state index contributed by atoms with van der Waals surface area (Å²) in [5.41, 5.74) is 2.51. The van der Waals surface area contributed by atoms with E-state index in [4.69, 9.17) is 4.98 Å². The Hall–Kier alpha value is -0.710. The molecule has 1 aromatic carbocycles. The van der Waals surface area contributed by atoms with Gasteiger partial charge in [0.2, 0.25) is 0 Å². The van der Waals surface area contributed by atoms with Crippen molar-refractivity contribution in [2.75, 3.05) is 6.54 Å². The largest absolute Gasteiger partial charge is 0.309 e. The van der Waals surface area contributed by atoms with Gasteiger partial charge in [0, 0.05) is 21.0 Å². The first-order valence-corrected chi connectivity index (χ1v) is 8.38. The van der Waals surface area contributed by atoms with Crippen LogP contribution in [0.3, 0.4) is 0 Å². The van der Waals surface area contributed by atoms with Gasteiger partial charge in [-0.15, -0.1) is 11.3 Å². The lowest BCUT2D eigenvalue weighted by Gasteiger charge is -2.21. The number of halogens is 1. The molecule has 0 amide bonds. The van der Waals surface area contributed by atoms with E-state index in [0.29, 0.717) is 6.04 Å². The normalized spacial score (nSPS) is 18.3. The summed E-state index contributed by atoms with van der Waals surface area (Å²) in [5, 5.41) is 4.73. The molecule has 1 heterocycles. The molecule has 0 saturated heterocycles. The zero-order valence-electron chi connectivity index (χ0n) is 10.9. The molecule has 0 fully saturated rings. The van der Waals surface area contributed by atoms with Crippen LogP contribution in [0.4, 0.5) is 0 Å². The molecular weight excluding hydrogens is 320 g/mol. The standard InChI is InChI=1S/C15H17BrN2S/c1-2-17-12-7-4-8-13-14(12)19-15(18-13)10-5-3-6-11(16)9-10/h3,5-6,9,12,17H,2,4,7-8H2,1H3. The molecule has 1 atom stereocenters. The Morgan fingerprint density at radius 3 is 3.16 bits per heavy atom. The van der Waals surface area contributed by atoms with E-state index in [1.54, 1.807) is 0 Å². The highest BCUT2D eigenvalue weighted by molar-refractivity contribution is 9.10. The van der Waals surface area contributed by atoms with Gasteiger partial charge in [-0.05, 0) is 37.9 Å². The maximum Gasteiger partial charge on any atom is 0.123 e. The van der Waals surface area contributed by atoms with Crippen molar-refractivity contribution in [2.24, 2.45) is 0 Å². The van der Waals surface area contributed by atoms with Crippen LogP contribution in [-0.4, -0.2) is 11.5 Å². The van der Waals surface area contributed by atoms with Crippen LogP contribution in [0.5, 0.6) is 0 Å². The maximum absolute atomic E-state index is 4.85. The number of fused-ring (bicyclic) bond motifs is 1. The molecule has 0 saturated carbocycles. The smallest absolute Gasteiger partial charge is 0.123 e. The van der Waals surface area contributed by atoms with Crippen molar-refractivity contribution in [3.63, 3.8) is 0 Å². The molecule has 0 aliphatic heterocycles. The Kier molecular flexibility index (Phi) is 4.01. The van der Waals surface area contributed by atoms with Crippen LogP contribution in [0.15, 0.2) is 28.7 Å². The number of aromatic nitrogens is 1. The molecule has 3 rings (SSSR count). The molecule has 0 bridgehead atoms. The predicted molar refractivity (Wildman–Crippen MR) is 84.6 cm³/mol. The third-order valence-corrected chi connectivity index (χ3v) is 5.23. The number of hydrogen-bond donors (Lipinski definition) is 1. The summed E-state index contributed by atoms with van der Waals surface area (Å²) in [4.78, 5) is 6.30. The van der Waals surface area contributed by atoms with Crippen LogP contribution in [-0.2, 0) is 6.42 Å². The second kappa shape index (κ2) is 5.73. The molecule has 1 aliphatic rings. The molecule has 2 nitrogen and oxygen atoms in total. The van der Waals surface area contributed by atoms with Gasteiger partial charge in [0.1, 0.15) is 5.01 Å². The van der Waals surface area contributed by atoms with Crippen molar-refractivity contribution in [1.29, 1.82) is 0 Å². The van der Waals surface area contributed by atoms with Crippen molar-refractivity contribution in [1.82, 2.24) is 10.3 Å². The highest BCUT2D eigenvalue weighted by Gasteiger charge is 2.24. The molecule has 19 heavy (non-hydrogen) atoms. The fourth-order valence-electron chi connectivity index (χ4n) is 2.61. The molecule has 1 aromatic heterocycles. The molecule has 100 valence electrons. The number of hydrogen-bond acceptors (Lipinski definition) is 3. The van der Waals surface area contributed by atoms with E-state index in [0.717, 1.165) is 22.4 Å². The summed E-state index contributed by atoms with van der Waals surface area (Å²) in [7, 11) is 0. The molecule has 1 aliphatic carbocycles. The van der Waals surface area contributed by atoms with Gasteiger partial charge in [0.15, 0.2) is 0 Å². The quantitative estimate of drug-likeness (QED) is 0.888. The van der Waals surface area contributed by atoms with E-state index in [1.165, 1.54) is 29.0 Å². The average Bonchev–Trinajstić information content (AvgIpc) is 2.84. The number of nitrogens with one attached hydrogen (secondary N) is 1. The Balaban J connectivity index is 1.97. The fourth-order valence-corrected chi connectivity index (χ4v) is 4.22. The number of nitrogens with zero attached hydrogens (tertiary/aromatic N) is 1. The summed E-state index contributed by atoms with van der Waals surface area (Å²) < 4.78 is 1.11. The Bertz CT molecular complexity index is 579. The molecule has 0 radical (unpaired) electrons. The molecule has 1 N–H and O–H groups in total. The summed E-state index contributed by atoms with van der Waals surface area (Å²) in [6, 6.07) is 8.91. The third-order valence-electron chi connectivity index (χ3n) is 3.47. The van der Waals surface area contributed by atoms with Gasteiger partial charge in [-0.1, -0.05) is 35.0 Å². The Morgan fingerprint density at radius 2 is 2.37 bits per heavy atom. The maximum atomic E-state index is 4.85. The lowest BCUT2D eigenvalue weighted by molar-refractivity contribution is 0.476. The minimum absolute atomic E-state index is 0.507. The molecular formula is C15H17BrN2S. The van der Waals surface area contributed by atoms with E-state index in [9.17, 15) is 0 Å². The number of aryl methyl sites for hydroxylation is 1. The Labute approximate surface area is 126 Å². The highest BCUT2D eigenvalue weighted by atomic mass is 79.9. The number of benzene rings is 1. The van der Waals surface area contributed by atoms with Crippen LogP contribution in [0, 0.1) is 0 Å². The highest BCUT2D eigenvalue weighted by Crippen LogP contribution is 2.38. The average molecular weight is 337 g/mol. The van der Waals surface area contributed by atoms with Crippen molar-refractivity contribution in [2.45, 2.75) is 32.2 Å². The van der Waals surface area contributed by atoms with Gasteiger partial charge in [-0.25, -0.2) is 4.98 Å². The van der Waals surface area contributed by atoms with E-state index in [-0.39, 0.29) is 0 Å². The first kappa shape index (κ1) is 13.3. The van der Waals surface area contributed by atoms with E-state index >= 15 is 0 Å². The lowest BCUT2D eigenvalue weighted by Crippen LogP contribution is -2.23. The van der Waals surface area contributed by atoms with Gasteiger partial charge in [-0.3, -0.25) is 0 Å². The van der Waals surface area contributed by atoms with Crippen molar-refractivity contribution in [3.8, 4) is 10.6 Å². The van der Waals surface area contributed by atoms with Crippen molar-refractivity contribution < 1.29 is 0 Å². The van der Waals surface area contributed by atoms with Gasteiger partial charge < -0.3 is 5.32 Å². The van der Waals surface area contributed by atoms with E-state index in [1.807, 2.05) is 11.3 Å². The van der Waals surface area contributed by atoms with Gasteiger partial charge in [0.25, 0.3) is 0 Å². The Morgan fingerprint density at radius 1 is 1.47 bits per heavy atom. The minimum Gasteiger partial charge on any atom is -0.309 e. The van der Waals surface area contributed by atoms with E-state index in [2.05, 4.69) is 52.4 Å². The van der Waals surface area contributed by atoms with Crippen LogP contribution in [0.2, 0.25) is 0 Å². The topological polar surface area (TPSA) is 24.9 Å². The van der Waals surface area contributed by atoms with Crippen molar-refractivity contribution >= 4 is 27.3 Å². The fraction of sp³-hybridized carbons (Fsp3) is 0.400. The summed E-state index contributed by atoms with van der Waals surface area (Å²) >= 11 is 5.38. The zero-order valence-corrected chi connectivity index (χ0v) is 13.4. The molecule has 2 aromatic rings. The lowest BCUT2D eigenvalue weighted by atomic mass is 9.98. The SMILES string of the molecule is CCNC1CCCc2nc(-c3cccc(Br)c3)sc21. The van der Waals surface area contributed by atoms with Crippen LogP contribution in [0.1, 0.15) is 36.4 Å². The monoisotopic (exact) mass is 336 g/mol. The second-order valence-corrected chi connectivity index (χ2v) is 6.79. The molecule has 0 spiro atoms.